The summed E-state index contributed by atoms with van der Waals surface area (Å²) in [5, 5.41) is 28.1. The van der Waals surface area contributed by atoms with Crippen molar-refractivity contribution < 1.29 is 14.9 Å². The topological polar surface area (TPSA) is 172 Å². The molecule has 23 heavy (non-hydrogen) atoms. The SMILES string of the molecule is N#CCn1c(=O)n(C2OC(CO)CC2O)c2nc(N)[nH]c(=O)c21. The van der Waals surface area contributed by atoms with Crippen LogP contribution in [-0.4, -0.2) is 48.1 Å². The highest BCUT2D eigenvalue weighted by molar-refractivity contribution is 5.71. The van der Waals surface area contributed by atoms with Gasteiger partial charge in [-0.15, -0.1) is 0 Å². The van der Waals surface area contributed by atoms with Crippen molar-refractivity contribution in [3.05, 3.63) is 20.8 Å². The summed E-state index contributed by atoms with van der Waals surface area (Å²) in [5.74, 6) is -0.212. The first-order valence-electron chi connectivity index (χ1n) is 6.79. The zero-order valence-electron chi connectivity index (χ0n) is 11.8. The van der Waals surface area contributed by atoms with E-state index < -0.39 is 29.7 Å². The number of aromatic amines is 1. The number of rotatable bonds is 3. The minimum Gasteiger partial charge on any atom is -0.394 e. The van der Waals surface area contributed by atoms with Crippen LogP contribution in [0.3, 0.4) is 0 Å². The first kappa shape index (κ1) is 15.2. The number of ether oxygens (including phenoxy) is 1. The summed E-state index contributed by atoms with van der Waals surface area (Å²) < 4.78 is 7.36. The normalized spacial score (nSPS) is 24.1. The Morgan fingerprint density at radius 2 is 2.26 bits per heavy atom. The zero-order chi connectivity index (χ0) is 16.7. The standard InChI is InChI=1S/C12H14N6O5/c13-1-2-17-7-8(15-11(14)16-9(7)21)18(12(17)22)10-6(20)3-5(4-19)23-10/h5-6,10,19-20H,2-4H2,(H3,14,15,16,21). The van der Waals surface area contributed by atoms with Crippen molar-refractivity contribution in [1.82, 2.24) is 19.1 Å². The lowest BCUT2D eigenvalue weighted by Crippen LogP contribution is -2.32. The Bertz CT molecular complexity index is 906. The van der Waals surface area contributed by atoms with Crippen LogP contribution in [0.15, 0.2) is 9.59 Å². The highest BCUT2D eigenvalue weighted by Gasteiger charge is 2.38. The molecule has 0 amide bonds. The molecule has 0 bridgehead atoms. The smallest absolute Gasteiger partial charge is 0.333 e. The first-order valence-corrected chi connectivity index (χ1v) is 6.79. The first-order chi connectivity index (χ1) is 11.0. The van der Waals surface area contributed by atoms with Crippen LogP contribution in [0.2, 0.25) is 0 Å². The number of nitrogens with two attached hydrogens (primary N) is 1. The number of hydrogen-bond acceptors (Lipinski definition) is 8. The molecule has 1 aliphatic rings. The third-order valence-corrected chi connectivity index (χ3v) is 3.68. The molecule has 2 aromatic rings. The van der Waals surface area contributed by atoms with Gasteiger partial charge in [-0.1, -0.05) is 0 Å². The van der Waals surface area contributed by atoms with Gasteiger partial charge in [-0.05, 0) is 0 Å². The van der Waals surface area contributed by atoms with E-state index in [1.54, 1.807) is 6.07 Å². The Hall–Kier alpha value is -2.68. The maximum atomic E-state index is 12.6. The Labute approximate surface area is 128 Å². The Morgan fingerprint density at radius 1 is 1.52 bits per heavy atom. The molecule has 11 heteroatoms. The van der Waals surface area contributed by atoms with Crippen LogP contribution < -0.4 is 17.0 Å². The molecule has 1 aliphatic heterocycles. The molecule has 3 unspecified atom stereocenters. The molecule has 0 radical (unpaired) electrons. The number of nitrogens with zero attached hydrogens (tertiary/aromatic N) is 4. The predicted octanol–water partition coefficient (Wildman–Crippen LogP) is -2.37. The maximum absolute atomic E-state index is 12.6. The monoisotopic (exact) mass is 322 g/mol. The average molecular weight is 322 g/mol. The zero-order valence-corrected chi connectivity index (χ0v) is 11.8. The van der Waals surface area contributed by atoms with E-state index in [-0.39, 0.29) is 36.7 Å². The highest BCUT2D eigenvalue weighted by atomic mass is 16.5. The minimum absolute atomic E-state index is 0.0888. The van der Waals surface area contributed by atoms with Gasteiger partial charge in [0.05, 0.1) is 18.8 Å². The molecular weight excluding hydrogens is 308 g/mol. The van der Waals surface area contributed by atoms with E-state index in [2.05, 4.69) is 9.97 Å². The van der Waals surface area contributed by atoms with Gasteiger partial charge < -0.3 is 20.7 Å². The van der Waals surface area contributed by atoms with E-state index >= 15 is 0 Å². The number of fused-ring (bicyclic) bond motifs is 1. The van der Waals surface area contributed by atoms with Gasteiger partial charge in [0.15, 0.2) is 17.4 Å². The van der Waals surface area contributed by atoms with Crippen molar-refractivity contribution in [2.75, 3.05) is 12.3 Å². The quantitative estimate of drug-likeness (QED) is 0.485. The molecule has 1 fully saturated rings. The van der Waals surface area contributed by atoms with Crippen LogP contribution >= 0.6 is 0 Å². The number of nitrogen functional groups attached to an aromatic ring is 1. The molecule has 3 atom stereocenters. The molecule has 11 nitrogen and oxygen atoms in total. The van der Waals surface area contributed by atoms with Gasteiger partial charge >= 0.3 is 5.69 Å². The number of aliphatic hydroxyl groups excluding tert-OH is 2. The van der Waals surface area contributed by atoms with Gasteiger partial charge in [-0.25, -0.2) is 9.36 Å². The second kappa shape index (κ2) is 5.51. The number of aromatic nitrogens is 4. The Kier molecular flexibility index (Phi) is 3.64. The third kappa shape index (κ3) is 2.29. The van der Waals surface area contributed by atoms with Crippen LogP contribution in [-0.2, 0) is 11.3 Å². The fraction of sp³-hybridized carbons (Fsp3) is 0.500. The van der Waals surface area contributed by atoms with Gasteiger partial charge in [0, 0.05) is 6.42 Å². The van der Waals surface area contributed by atoms with Crippen LogP contribution in [0.25, 0.3) is 11.2 Å². The molecule has 3 rings (SSSR count). The number of H-pyrrole nitrogens is 1. The van der Waals surface area contributed by atoms with Gasteiger partial charge in [-0.3, -0.25) is 14.3 Å². The lowest BCUT2D eigenvalue weighted by molar-refractivity contribution is -0.0505. The van der Waals surface area contributed by atoms with Crippen molar-refractivity contribution in [3.63, 3.8) is 0 Å². The maximum Gasteiger partial charge on any atom is 0.333 e. The van der Waals surface area contributed by atoms with Crippen LogP contribution in [0, 0.1) is 11.3 Å². The van der Waals surface area contributed by atoms with E-state index in [0.717, 1.165) is 9.13 Å². The molecule has 0 aliphatic carbocycles. The van der Waals surface area contributed by atoms with Crippen molar-refractivity contribution >= 4 is 17.1 Å². The number of nitriles is 1. The van der Waals surface area contributed by atoms with Gasteiger partial charge in [0.2, 0.25) is 5.95 Å². The molecule has 5 N–H and O–H groups in total. The molecule has 122 valence electrons. The van der Waals surface area contributed by atoms with E-state index in [1.165, 1.54) is 0 Å². The summed E-state index contributed by atoms with van der Waals surface area (Å²) in [4.78, 5) is 30.8. The Morgan fingerprint density at radius 3 is 2.87 bits per heavy atom. The molecule has 3 heterocycles. The van der Waals surface area contributed by atoms with E-state index in [0.29, 0.717) is 0 Å². The number of aliphatic hydroxyl groups is 2. The fourth-order valence-corrected chi connectivity index (χ4v) is 2.73. The lowest BCUT2D eigenvalue weighted by atomic mass is 10.2. The molecule has 0 spiro atoms. The number of nitrogens with one attached hydrogen (secondary N) is 1. The summed E-state index contributed by atoms with van der Waals surface area (Å²) in [7, 11) is 0. The van der Waals surface area contributed by atoms with Gasteiger partial charge in [0.1, 0.15) is 12.6 Å². The summed E-state index contributed by atoms with van der Waals surface area (Å²) in [6.07, 6.45) is -2.73. The number of anilines is 1. The molecule has 2 aromatic heterocycles. The fourth-order valence-electron chi connectivity index (χ4n) is 2.73. The summed E-state index contributed by atoms with van der Waals surface area (Å²) in [6, 6.07) is 1.79. The van der Waals surface area contributed by atoms with Crippen LogP contribution in [0.5, 0.6) is 0 Å². The second-order valence-electron chi connectivity index (χ2n) is 5.15. The average Bonchev–Trinajstić information content (AvgIpc) is 2.98. The van der Waals surface area contributed by atoms with Crippen molar-refractivity contribution in [2.45, 2.75) is 31.4 Å². The van der Waals surface area contributed by atoms with E-state index in [4.69, 9.17) is 20.8 Å². The number of imidazole rings is 1. The summed E-state index contributed by atoms with van der Waals surface area (Å²) >= 11 is 0. The highest BCUT2D eigenvalue weighted by Crippen LogP contribution is 2.29. The summed E-state index contributed by atoms with van der Waals surface area (Å²) in [5.41, 5.74) is 3.89. The largest absolute Gasteiger partial charge is 0.394 e. The third-order valence-electron chi connectivity index (χ3n) is 3.68. The molecule has 0 saturated carbocycles. The van der Waals surface area contributed by atoms with Gasteiger partial charge in [-0.2, -0.15) is 10.2 Å². The summed E-state index contributed by atoms with van der Waals surface area (Å²) in [6.45, 7) is -0.696. The van der Waals surface area contributed by atoms with Crippen molar-refractivity contribution in [2.24, 2.45) is 0 Å². The minimum atomic E-state index is -1.13. The number of hydrogen-bond donors (Lipinski definition) is 4. The van der Waals surface area contributed by atoms with Gasteiger partial charge in [0.25, 0.3) is 5.56 Å². The lowest BCUT2D eigenvalue weighted by Gasteiger charge is -2.15. The van der Waals surface area contributed by atoms with E-state index in [9.17, 15) is 14.7 Å². The van der Waals surface area contributed by atoms with Crippen molar-refractivity contribution in [3.8, 4) is 6.07 Å². The van der Waals surface area contributed by atoms with Crippen molar-refractivity contribution in [1.29, 1.82) is 5.26 Å². The Balaban J connectivity index is 2.29. The molecule has 1 saturated heterocycles. The van der Waals surface area contributed by atoms with Crippen LogP contribution in [0.4, 0.5) is 5.95 Å². The van der Waals surface area contributed by atoms with E-state index in [1.807, 2.05) is 0 Å². The molecule has 0 aromatic carbocycles. The van der Waals surface area contributed by atoms with Crippen LogP contribution in [0.1, 0.15) is 12.6 Å². The molecular formula is C12H14N6O5. The second-order valence-corrected chi connectivity index (χ2v) is 5.15. The predicted molar refractivity (Wildman–Crippen MR) is 76.3 cm³/mol.